The lowest BCUT2D eigenvalue weighted by Gasteiger charge is -2.21. The van der Waals surface area contributed by atoms with Crippen LogP contribution in [0.4, 0.5) is 5.69 Å². The molecule has 0 spiro atoms. The molecule has 1 amide bonds. The first-order chi connectivity index (χ1) is 12.0. The second-order valence-corrected chi connectivity index (χ2v) is 9.41. The van der Waals surface area contributed by atoms with Gasteiger partial charge in [-0.3, -0.25) is 14.5 Å². The first-order valence-corrected chi connectivity index (χ1v) is 11.0. The molecule has 0 aliphatic carbocycles. The van der Waals surface area contributed by atoms with Crippen molar-refractivity contribution in [2.45, 2.75) is 25.2 Å². The maximum absolute atomic E-state index is 12.7. The number of para-hydroxylation sites is 1. The number of carbonyl (C=O) groups is 2. The van der Waals surface area contributed by atoms with Crippen LogP contribution < -0.4 is 4.90 Å². The molecule has 0 N–H and O–H groups in total. The minimum atomic E-state index is -0.00378. The van der Waals surface area contributed by atoms with Gasteiger partial charge in [0, 0.05) is 30.7 Å². The number of anilines is 1. The minimum Gasteiger partial charge on any atom is -0.334 e. The Morgan fingerprint density at radius 3 is 2.68 bits per heavy atom. The summed E-state index contributed by atoms with van der Waals surface area (Å²) in [6.07, 6.45) is 0.872. The monoisotopic (exact) mass is 410 g/mol. The average Bonchev–Trinajstić information content (AvgIpc) is 3.08. The van der Waals surface area contributed by atoms with Crippen LogP contribution in [0.3, 0.4) is 0 Å². The molecule has 132 valence electrons. The zero-order valence-electron chi connectivity index (χ0n) is 14.0. The van der Waals surface area contributed by atoms with Gasteiger partial charge >= 0.3 is 0 Å². The highest BCUT2D eigenvalue weighted by Gasteiger charge is 2.38. The Morgan fingerprint density at radius 1 is 1.24 bits per heavy atom. The van der Waals surface area contributed by atoms with E-state index in [1.807, 2.05) is 19.1 Å². The molecule has 0 saturated carbocycles. The van der Waals surface area contributed by atoms with Crippen LogP contribution in [0.15, 0.2) is 39.1 Å². The van der Waals surface area contributed by atoms with E-state index in [4.69, 9.17) is 12.2 Å². The number of hydrogen-bond acceptors (Lipinski definition) is 7. The van der Waals surface area contributed by atoms with Crippen molar-refractivity contribution in [1.82, 2.24) is 4.90 Å². The van der Waals surface area contributed by atoms with Crippen molar-refractivity contribution in [3.05, 3.63) is 34.2 Å². The Kier molecular flexibility index (Phi) is 6.14. The highest BCUT2D eigenvalue weighted by Crippen LogP contribution is 2.50. The molecule has 1 aromatic rings. The van der Waals surface area contributed by atoms with Crippen molar-refractivity contribution in [2.24, 2.45) is 0 Å². The molecule has 0 unspecified atom stereocenters. The SMILES string of the molecule is CCN1C(=O)/C(=C2\Sc3ccccc3N2CCCSC(C)=O)SC1=S. The molecule has 2 aliphatic heterocycles. The third-order valence-corrected chi connectivity index (χ3v) is 7.45. The van der Waals surface area contributed by atoms with Gasteiger partial charge in [-0.05, 0) is 25.5 Å². The minimum absolute atomic E-state index is 0.00378. The van der Waals surface area contributed by atoms with Crippen LogP contribution in [0.2, 0.25) is 0 Å². The first-order valence-electron chi connectivity index (χ1n) is 7.98. The van der Waals surface area contributed by atoms with Crippen LogP contribution in [0.1, 0.15) is 20.3 Å². The van der Waals surface area contributed by atoms with Crippen LogP contribution in [0.5, 0.6) is 0 Å². The fraction of sp³-hybridized carbons (Fsp3) is 0.353. The van der Waals surface area contributed by atoms with Gasteiger partial charge in [-0.2, -0.15) is 0 Å². The molecule has 4 nitrogen and oxygen atoms in total. The van der Waals surface area contributed by atoms with E-state index in [1.165, 1.54) is 23.5 Å². The quantitative estimate of drug-likeness (QED) is 0.407. The lowest BCUT2D eigenvalue weighted by molar-refractivity contribution is -0.122. The molecule has 25 heavy (non-hydrogen) atoms. The molecule has 8 heteroatoms. The fourth-order valence-electron chi connectivity index (χ4n) is 2.66. The standard InChI is InChI=1S/C17H18N2O2S4/c1-3-18-15(21)14(25-17(18)22)16-19(9-6-10-23-11(2)20)12-7-4-5-8-13(12)24-16/h4-5,7-8H,3,6,9-10H2,1-2H3/b16-14+. The van der Waals surface area contributed by atoms with Crippen LogP contribution in [-0.2, 0) is 9.59 Å². The normalized spacial score (nSPS) is 19.8. The lowest BCUT2D eigenvalue weighted by atomic mass is 10.3. The van der Waals surface area contributed by atoms with E-state index < -0.39 is 0 Å². The van der Waals surface area contributed by atoms with Crippen LogP contribution in [0, 0.1) is 0 Å². The van der Waals surface area contributed by atoms with Crippen molar-refractivity contribution >= 4 is 68.5 Å². The van der Waals surface area contributed by atoms with E-state index in [1.54, 1.807) is 23.6 Å². The Balaban J connectivity index is 1.87. The maximum Gasteiger partial charge on any atom is 0.268 e. The summed E-state index contributed by atoms with van der Waals surface area (Å²) in [6.45, 7) is 4.89. The van der Waals surface area contributed by atoms with Gasteiger partial charge < -0.3 is 4.90 Å². The predicted octanol–water partition coefficient (Wildman–Crippen LogP) is 4.32. The van der Waals surface area contributed by atoms with E-state index in [-0.39, 0.29) is 11.0 Å². The number of hydrogen-bond donors (Lipinski definition) is 0. The fourth-order valence-corrected chi connectivity index (χ4v) is 5.95. The van der Waals surface area contributed by atoms with Gasteiger partial charge in [0.15, 0.2) is 5.12 Å². The summed E-state index contributed by atoms with van der Waals surface area (Å²) in [5.41, 5.74) is 1.12. The van der Waals surface area contributed by atoms with Crippen molar-refractivity contribution in [3.8, 4) is 0 Å². The highest BCUT2D eigenvalue weighted by atomic mass is 32.2. The molecule has 2 heterocycles. The summed E-state index contributed by atoms with van der Waals surface area (Å²) in [6, 6.07) is 8.17. The Hall–Kier alpha value is -0.960. The van der Waals surface area contributed by atoms with Crippen molar-refractivity contribution in [1.29, 1.82) is 0 Å². The van der Waals surface area contributed by atoms with Gasteiger partial charge in [0.05, 0.1) is 5.69 Å². The van der Waals surface area contributed by atoms with Gasteiger partial charge in [0.2, 0.25) is 0 Å². The van der Waals surface area contributed by atoms with Crippen LogP contribution in [-0.4, -0.2) is 39.1 Å². The number of thiocarbonyl (C=S) groups is 1. The molecule has 0 aromatic heterocycles. The highest BCUT2D eigenvalue weighted by molar-refractivity contribution is 8.27. The molecular formula is C17H18N2O2S4. The van der Waals surface area contributed by atoms with E-state index in [0.717, 1.165) is 34.3 Å². The number of amides is 1. The maximum atomic E-state index is 12.7. The number of fused-ring (bicyclic) bond motifs is 1. The summed E-state index contributed by atoms with van der Waals surface area (Å²) in [5.74, 6) is 0.776. The Labute approximate surface area is 165 Å². The second-order valence-electron chi connectivity index (χ2n) is 5.47. The second kappa shape index (κ2) is 8.16. The molecular weight excluding hydrogens is 392 g/mol. The summed E-state index contributed by atoms with van der Waals surface area (Å²) in [5, 5.41) is 1.10. The van der Waals surface area contributed by atoms with Crippen molar-refractivity contribution in [2.75, 3.05) is 23.7 Å². The Morgan fingerprint density at radius 2 is 2.00 bits per heavy atom. The number of likely N-dealkylation sites (N-methyl/N-ethyl adjacent to an activating group) is 1. The third kappa shape index (κ3) is 3.92. The van der Waals surface area contributed by atoms with E-state index >= 15 is 0 Å². The number of thioether (sulfide) groups is 3. The van der Waals surface area contributed by atoms with Crippen LogP contribution in [0.25, 0.3) is 0 Å². The Bertz CT molecular complexity index is 763. The van der Waals surface area contributed by atoms with Crippen molar-refractivity contribution < 1.29 is 9.59 Å². The molecule has 0 atom stereocenters. The number of nitrogens with zero attached hydrogens (tertiary/aromatic N) is 2. The van der Waals surface area contributed by atoms with Gasteiger partial charge in [0.1, 0.15) is 14.3 Å². The molecule has 3 rings (SSSR count). The molecule has 1 saturated heterocycles. The topological polar surface area (TPSA) is 40.6 Å². The summed E-state index contributed by atoms with van der Waals surface area (Å²) < 4.78 is 0.624. The zero-order chi connectivity index (χ0) is 18.0. The summed E-state index contributed by atoms with van der Waals surface area (Å²) in [4.78, 5) is 29.6. The van der Waals surface area contributed by atoms with Crippen LogP contribution >= 0.6 is 47.5 Å². The lowest BCUT2D eigenvalue weighted by Crippen LogP contribution is -2.28. The van der Waals surface area contributed by atoms with Crippen molar-refractivity contribution in [3.63, 3.8) is 0 Å². The third-order valence-electron chi connectivity index (χ3n) is 3.80. The molecule has 0 bridgehead atoms. The number of carbonyl (C=O) groups excluding carboxylic acids is 2. The van der Waals surface area contributed by atoms with Gasteiger partial charge in [-0.25, -0.2) is 0 Å². The van der Waals surface area contributed by atoms with Gasteiger partial charge in [-0.1, -0.05) is 59.6 Å². The average molecular weight is 411 g/mol. The van der Waals surface area contributed by atoms with E-state index in [9.17, 15) is 9.59 Å². The van der Waals surface area contributed by atoms with E-state index in [2.05, 4.69) is 17.0 Å². The first kappa shape index (κ1) is 18.8. The number of rotatable bonds is 5. The summed E-state index contributed by atoms with van der Waals surface area (Å²) in [7, 11) is 0. The molecule has 1 fully saturated rings. The van der Waals surface area contributed by atoms with E-state index in [0.29, 0.717) is 15.8 Å². The van der Waals surface area contributed by atoms with Gasteiger partial charge in [0.25, 0.3) is 5.91 Å². The molecule has 2 aliphatic rings. The summed E-state index contributed by atoms with van der Waals surface area (Å²) >= 11 is 9.72. The van der Waals surface area contributed by atoms with Gasteiger partial charge in [-0.15, -0.1) is 0 Å². The predicted molar refractivity (Wildman–Crippen MR) is 112 cm³/mol. The molecule has 0 radical (unpaired) electrons. The largest absolute Gasteiger partial charge is 0.334 e. The number of benzene rings is 1. The zero-order valence-corrected chi connectivity index (χ0v) is 17.2. The smallest absolute Gasteiger partial charge is 0.268 e. The molecule has 1 aromatic carbocycles.